The van der Waals surface area contributed by atoms with E-state index in [2.05, 4.69) is 10.6 Å². The molecule has 0 radical (unpaired) electrons. The minimum Gasteiger partial charge on any atom is -0.379 e. The minimum atomic E-state index is -0.308. The summed E-state index contributed by atoms with van der Waals surface area (Å²) in [4.78, 5) is 0. The molecule has 0 aliphatic heterocycles. The maximum absolute atomic E-state index is 9.18. The molecule has 0 bridgehead atoms. The first-order chi connectivity index (χ1) is 6.31. The topological polar surface area (TPSA) is 44.3 Å². The molecule has 0 aromatic rings. The standard InChI is InChI=1S/C10H24N2O/c1-11-9-7-5-3-4-6-8-10(13)12-2/h10-13H,3-9H2,1-2H3. The number of aliphatic hydroxyl groups is 1. The van der Waals surface area contributed by atoms with Crippen molar-refractivity contribution in [1.29, 1.82) is 0 Å². The van der Waals surface area contributed by atoms with Crippen LogP contribution in [0, 0.1) is 0 Å². The fourth-order valence-corrected chi connectivity index (χ4v) is 1.31. The molecule has 0 fully saturated rings. The molecule has 1 atom stereocenters. The molecule has 0 saturated carbocycles. The molecule has 1 unspecified atom stereocenters. The number of rotatable bonds is 9. The Morgan fingerprint density at radius 3 is 2.23 bits per heavy atom. The van der Waals surface area contributed by atoms with Crippen LogP contribution >= 0.6 is 0 Å². The molecule has 0 aliphatic rings. The third-order valence-electron chi connectivity index (χ3n) is 2.24. The lowest BCUT2D eigenvalue weighted by atomic mass is 10.1. The zero-order chi connectivity index (χ0) is 9.94. The summed E-state index contributed by atoms with van der Waals surface area (Å²) in [6.07, 6.45) is 6.80. The molecule has 0 heterocycles. The van der Waals surface area contributed by atoms with Crippen LogP contribution < -0.4 is 10.6 Å². The van der Waals surface area contributed by atoms with E-state index >= 15 is 0 Å². The molecule has 0 rings (SSSR count). The van der Waals surface area contributed by atoms with Crippen LogP contribution in [0.15, 0.2) is 0 Å². The zero-order valence-corrected chi connectivity index (χ0v) is 8.97. The van der Waals surface area contributed by atoms with Crippen LogP contribution in [0.3, 0.4) is 0 Å². The number of unbranched alkanes of at least 4 members (excludes halogenated alkanes) is 4. The van der Waals surface area contributed by atoms with Crippen LogP contribution in [-0.2, 0) is 0 Å². The van der Waals surface area contributed by atoms with Crippen LogP contribution in [0.2, 0.25) is 0 Å². The molecule has 0 saturated heterocycles. The largest absolute Gasteiger partial charge is 0.379 e. The lowest BCUT2D eigenvalue weighted by Gasteiger charge is -2.07. The van der Waals surface area contributed by atoms with Gasteiger partial charge in [-0.05, 0) is 39.9 Å². The molecule has 3 N–H and O–H groups in total. The van der Waals surface area contributed by atoms with Crippen LogP contribution in [-0.4, -0.2) is 32.0 Å². The van der Waals surface area contributed by atoms with E-state index in [0.29, 0.717) is 0 Å². The van der Waals surface area contributed by atoms with E-state index in [1.807, 2.05) is 7.05 Å². The highest BCUT2D eigenvalue weighted by Crippen LogP contribution is 2.05. The summed E-state index contributed by atoms with van der Waals surface area (Å²) in [6.45, 7) is 1.12. The Kier molecular flexibility index (Phi) is 9.87. The van der Waals surface area contributed by atoms with Crippen molar-refractivity contribution in [1.82, 2.24) is 10.6 Å². The molecular weight excluding hydrogens is 164 g/mol. The Bertz CT molecular complexity index is 98.9. The third-order valence-corrected chi connectivity index (χ3v) is 2.24. The van der Waals surface area contributed by atoms with Crippen molar-refractivity contribution in [2.45, 2.75) is 44.8 Å². The smallest absolute Gasteiger partial charge is 0.104 e. The van der Waals surface area contributed by atoms with Crippen molar-refractivity contribution in [2.24, 2.45) is 0 Å². The van der Waals surface area contributed by atoms with Crippen LogP contribution in [0.4, 0.5) is 0 Å². The van der Waals surface area contributed by atoms with Crippen molar-refractivity contribution in [2.75, 3.05) is 20.6 Å². The minimum absolute atomic E-state index is 0.308. The fourth-order valence-electron chi connectivity index (χ4n) is 1.31. The Hall–Kier alpha value is -0.120. The van der Waals surface area contributed by atoms with Crippen molar-refractivity contribution < 1.29 is 5.11 Å². The second kappa shape index (κ2) is 9.96. The van der Waals surface area contributed by atoms with Gasteiger partial charge in [0.15, 0.2) is 0 Å². The number of hydrogen-bond donors (Lipinski definition) is 3. The Balaban J connectivity index is 2.91. The highest BCUT2D eigenvalue weighted by molar-refractivity contribution is 4.51. The highest BCUT2D eigenvalue weighted by Gasteiger charge is 1.98. The molecule has 80 valence electrons. The monoisotopic (exact) mass is 188 g/mol. The maximum Gasteiger partial charge on any atom is 0.104 e. The van der Waals surface area contributed by atoms with Gasteiger partial charge < -0.3 is 10.4 Å². The maximum atomic E-state index is 9.18. The lowest BCUT2D eigenvalue weighted by Crippen LogP contribution is -2.23. The molecule has 3 nitrogen and oxygen atoms in total. The Morgan fingerprint density at radius 2 is 1.62 bits per heavy atom. The summed E-state index contributed by atoms with van der Waals surface area (Å²) in [7, 11) is 3.78. The van der Waals surface area contributed by atoms with Gasteiger partial charge in [0.25, 0.3) is 0 Å². The normalized spacial score (nSPS) is 13.2. The van der Waals surface area contributed by atoms with Gasteiger partial charge in [0, 0.05) is 0 Å². The van der Waals surface area contributed by atoms with Gasteiger partial charge in [-0.15, -0.1) is 0 Å². The van der Waals surface area contributed by atoms with Crippen molar-refractivity contribution >= 4 is 0 Å². The second-order valence-corrected chi connectivity index (χ2v) is 3.46. The predicted molar refractivity (Wildman–Crippen MR) is 56.7 cm³/mol. The first-order valence-corrected chi connectivity index (χ1v) is 5.31. The summed E-state index contributed by atoms with van der Waals surface area (Å²) < 4.78 is 0. The summed E-state index contributed by atoms with van der Waals surface area (Å²) >= 11 is 0. The van der Waals surface area contributed by atoms with E-state index in [4.69, 9.17) is 0 Å². The van der Waals surface area contributed by atoms with Gasteiger partial charge >= 0.3 is 0 Å². The van der Waals surface area contributed by atoms with E-state index < -0.39 is 0 Å². The molecular formula is C10H24N2O. The van der Waals surface area contributed by atoms with E-state index in [-0.39, 0.29) is 6.23 Å². The van der Waals surface area contributed by atoms with E-state index in [1.165, 1.54) is 25.7 Å². The van der Waals surface area contributed by atoms with Crippen LogP contribution in [0.25, 0.3) is 0 Å². The molecule has 0 amide bonds. The quantitative estimate of drug-likeness (QED) is 0.375. The molecule has 3 heteroatoms. The molecule has 0 aromatic heterocycles. The second-order valence-electron chi connectivity index (χ2n) is 3.46. The summed E-state index contributed by atoms with van der Waals surface area (Å²) in [6, 6.07) is 0. The Labute approximate surface area is 81.9 Å². The molecule has 0 spiro atoms. The van der Waals surface area contributed by atoms with Gasteiger partial charge in [0.1, 0.15) is 6.23 Å². The van der Waals surface area contributed by atoms with Crippen LogP contribution in [0.1, 0.15) is 38.5 Å². The summed E-state index contributed by atoms with van der Waals surface area (Å²) in [5.41, 5.74) is 0. The van der Waals surface area contributed by atoms with Crippen molar-refractivity contribution in [3.8, 4) is 0 Å². The van der Waals surface area contributed by atoms with Crippen LogP contribution in [0.5, 0.6) is 0 Å². The van der Waals surface area contributed by atoms with Crippen molar-refractivity contribution in [3.63, 3.8) is 0 Å². The highest BCUT2D eigenvalue weighted by atomic mass is 16.3. The number of aliphatic hydroxyl groups excluding tert-OH is 1. The predicted octanol–water partition coefficient (Wildman–Crippen LogP) is 1.08. The zero-order valence-electron chi connectivity index (χ0n) is 8.97. The average molecular weight is 188 g/mol. The lowest BCUT2D eigenvalue weighted by molar-refractivity contribution is 0.133. The molecule has 0 aliphatic carbocycles. The number of nitrogens with one attached hydrogen (secondary N) is 2. The van der Waals surface area contributed by atoms with E-state index in [0.717, 1.165) is 19.4 Å². The Morgan fingerprint density at radius 1 is 1.00 bits per heavy atom. The van der Waals surface area contributed by atoms with Gasteiger partial charge in [-0.1, -0.05) is 19.3 Å². The fraction of sp³-hybridized carbons (Fsp3) is 1.00. The van der Waals surface area contributed by atoms with Gasteiger partial charge in [0.05, 0.1) is 0 Å². The average Bonchev–Trinajstić information content (AvgIpc) is 2.16. The molecule has 0 aromatic carbocycles. The van der Waals surface area contributed by atoms with Gasteiger partial charge in [-0.2, -0.15) is 0 Å². The van der Waals surface area contributed by atoms with Gasteiger partial charge in [0.2, 0.25) is 0 Å². The van der Waals surface area contributed by atoms with Crippen molar-refractivity contribution in [3.05, 3.63) is 0 Å². The van der Waals surface area contributed by atoms with Gasteiger partial charge in [-0.3, -0.25) is 5.32 Å². The molecule has 13 heavy (non-hydrogen) atoms. The van der Waals surface area contributed by atoms with E-state index in [9.17, 15) is 5.11 Å². The number of hydrogen-bond acceptors (Lipinski definition) is 3. The van der Waals surface area contributed by atoms with E-state index in [1.54, 1.807) is 7.05 Å². The summed E-state index contributed by atoms with van der Waals surface area (Å²) in [5, 5.41) is 15.1. The van der Waals surface area contributed by atoms with Gasteiger partial charge in [-0.25, -0.2) is 0 Å². The SMILES string of the molecule is CNCCCCCCCC(O)NC. The third kappa shape index (κ3) is 9.80. The summed E-state index contributed by atoms with van der Waals surface area (Å²) in [5.74, 6) is 0. The first kappa shape index (κ1) is 12.9. The first-order valence-electron chi connectivity index (χ1n) is 5.31.